The molecule has 1 atom stereocenters. The van der Waals surface area contributed by atoms with Crippen molar-refractivity contribution in [2.45, 2.75) is 25.0 Å². The molecule has 1 aliphatic carbocycles. The van der Waals surface area contributed by atoms with Gasteiger partial charge in [-0.15, -0.1) is 0 Å². The van der Waals surface area contributed by atoms with E-state index in [-0.39, 0.29) is 5.82 Å². The fraction of sp³-hybridized carbons (Fsp3) is 0.385. The van der Waals surface area contributed by atoms with Crippen molar-refractivity contribution < 1.29 is 9.50 Å². The average Bonchev–Trinajstić information content (AvgIpc) is 2.78. The second-order valence-corrected chi connectivity index (χ2v) is 4.12. The lowest BCUT2D eigenvalue weighted by Gasteiger charge is -2.16. The first kappa shape index (κ1) is 11.3. The first-order valence-electron chi connectivity index (χ1n) is 5.57. The third-order valence-electron chi connectivity index (χ3n) is 2.84. The van der Waals surface area contributed by atoms with Crippen LogP contribution in [0.15, 0.2) is 36.4 Å². The molecule has 0 fully saturated rings. The van der Waals surface area contributed by atoms with Crippen molar-refractivity contribution in [3.05, 3.63) is 47.8 Å². The Labute approximate surface area is 94.8 Å². The molecule has 0 bridgehead atoms. The van der Waals surface area contributed by atoms with E-state index in [0.29, 0.717) is 18.2 Å². The van der Waals surface area contributed by atoms with Crippen LogP contribution in [0.1, 0.15) is 24.5 Å². The van der Waals surface area contributed by atoms with Crippen molar-refractivity contribution in [3.63, 3.8) is 0 Å². The van der Waals surface area contributed by atoms with Crippen LogP contribution in [0.2, 0.25) is 0 Å². The summed E-state index contributed by atoms with van der Waals surface area (Å²) >= 11 is 0. The average molecular weight is 221 g/mol. The molecular weight excluding hydrogens is 205 g/mol. The van der Waals surface area contributed by atoms with E-state index in [9.17, 15) is 9.50 Å². The Morgan fingerprint density at radius 2 is 2.12 bits per heavy atom. The van der Waals surface area contributed by atoms with Gasteiger partial charge in [0.2, 0.25) is 0 Å². The van der Waals surface area contributed by atoms with E-state index < -0.39 is 6.10 Å². The van der Waals surface area contributed by atoms with Crippen molar-refractivity contribution in [1.29, 1.82) is 0 Å². The highest BCUT2D eigenvalue weighted by Gasteiger charge is 2.13. The van der Waals surface area contributed by atoms with Crippen LogP contribution in [0.5, 0.6) is 0 Å². The van der Waals surface area contributed by atoms with Crippen molar-refractivity contribution in [3.8, 4) is 0 Å². The molecule has 2 nitrogen and oxygen atoms in total. The number of benzene rings is 1. The Bertz CT molecular complexity index is 370. The van der Waals surface area contributed by atoms with E-state index >= 15 is 0 Å². The Morgan fingerprint density at radius 1 is 1.38 bits per heavy atom. The first-order chi connectivity index (χ1) is 7.75. The lowest BCUT2D eigenvalue weighted by atomic mass is 10.1. The number of rotatable bonds is 4. The van der Waals surface area contributed by atoms with Crippen molar-refractivity contribution >= 4 is 0 Å². The highest BCUT2D eigenvalue weighted by molar-refractivity contribution is 5.19. The molecule has 0 aliphatic heterocycles. The van der Waals surface area contributed by atoms with Gasteiger partial charge in [0.25, 0.3) is 0 Å². The Hall–Kier alpha value is -1.19. The minimum absolute atomic E-state index is 0.306. The normalized spacial score (nSPS) is 17.9. The molecule has 0 amide bonds. The van der Waals surface area contributed by atoms with Crippen LogP contribution in [-0.2, 0) is 0 Å². The summed E-state index contributed by atoms with van der Waals surface area (Å²) in [6.07, 6.45) is 5.64. The number of aliphatic hydroxyl groups is 1. The molecular formula is C13H16FNO. The monoisotopic (exact) mass is 221 g/mol. The first-order valence-corrected chi connectivity index (χ1v) is 5.57. The molecule has 2 rings (SSSR count). The highest BCUT2D eigenvalue weighted by atomic mass is 19.1. The van der Waals surface area contributed by atoms with Crippen molar-refractivity contribution in [2.75, 3.05) is 6.54 Å². The minimum atomic E-state index is -0.642. The Kier molecular flexibility index (Phi) is 3.70. The molecule has 0 spiro atoms. The van der Waals surface area contributed by atoms with Gasteiger partial charge >= 0.3 is 0 Å². The molecule has 0 aromatic heterocycles. The fourth-order valence-corrected chi connectivity index (χ4v) is 1.89. The molecule has 0 saturated heterocycles. The Morgan fingerprint density at radius 3 is 2.81 bits per heavy atom. The molecule has 1 aromatic carbocycles. The minimum Gasteiger partial charge on any atom is -0.387 e. The topological polar surface area (TPSA) is 32.3 Å². The summed E-state index contributed by atoms with van der Waals surface area (Å²) in [6, 6.07) is 6.53. The second kappa shape index (κ2) is 5.23. The zero-order valence-electron chi connectivity index (χ0n) is 9.07. The predicted molar refractivity (Wildman–Crippen MR) is 61.5 cm³/mol. The smallest absolute Gasteiger partial charge is 0.123 e. The molecule has 0 saturated carbocycles. The highest BCUT2D eigenvalue weighted by Crippen LogP contribution is 2.15. The largest absolute Gasteiger partial charge is 0.387 e. The lowest BCUT2D eigenvalue weighted by molar-refractivity contribution is 0.170. The predicted octanol–water partition coefficient (Wildman–Crippen LogP) is 2.17. The maximum atomic E-state index is 12.9. The third-order valence-corrected chi connectivity index (χ3v) is 2.84. The quantitative estimate of drug-likeness (QED) is 0.764. The molecule has 1 unspecified atom stereocenters. The SMILES string of the molecule is OC(CNC1CC=CC1)c1cccc(F)c1. The molecule has 0 heterocycles. The van der Waals surface area contributed by atoms with Crippen LogP contribution in [0, 0.1) is 5.82 Å². The van der Waals surface area contributed by atoms with Gasteiger partial charge in [0.1, 0.15) is 5.82 Å². The third kappa shape index (κ3) is 2.90. The van der Waals surface area contributed by atoms with Crippen LogP contribution in [-0.4, -0.2) is 17.7 Å². The van der Waals surface area contributed by atoms with E-state index in [1.807, 2.05) is 0 Å². The van der Waals surface area contributed by atoms with Crippen LogP contribution < -0.4 is 5.32 Å². The zero-order valence-corrected chi connectivity index (χ0v) is 9.07. The maximum absolute atomic E-state index is 12.9. The van der Waals surface area contributed by atoms with Crippen molar-refractivity contribution in [1.82, 2.24) is 5.32 Å². The summed E-state index contributed by atoms with van der Waals surface area (Å²) in [6.45, 7) is 0.468. The fourth-order valence-electron chi connectivity index (χ4n) is 1.89. The molecule has 0 radical (unpaired) electrons. The molecule has 86 valence electrons. The summed E-state index contributed by atoms with van der Waals surface area (Å²) in [5, 5.41) is 13.1. The van der Waals surface area contributed by atoms with E-state index in [0.717, 1.165) is 12.8 Å². The lowest BCUT2D eigenvalue weighted by Crippen LogP contribution is -2.30. The van der Waals surface area contributed by atoms with E-state index in [2.05, 4.69) is 17.5 Å². The maximum Gasteiger partial charge on any atom is 0.123 e. The van der Waals surface area contributed by atoms with Gasteiger partial charge in [0.05, 0.1) is 6.10 Å². The van der Waals surface area contributed by atoms with Gasteiger partial charge in [-0.3, -0.25) is 0 Å². The summed E-state index contributed by atoms with van der Waals surface area (Å²) < 4.78 is 12.9. The molecule has 16 heavy (non-hydrogen) atoms. The van der Waals surface area contributed by atoms with E-state index in [4.69, 9.17) is 0 Å². The van der Waals surface area contributed by atoms with Crippen LogP contribution in [0.25, 0.3) is 0 Å². The summed E-state index contributed by atoms with van der Waals surface area (Å²) in [5.74, 6) is -0.306. The molecule has 1 aromatic rings. The van der Waals surface area contributed by atoms with Crippen LogP contribution in [0.3, 0.4) is 0 Å². The number of hydrogen-bond donors (Lipinski definition) is 2. The molecule has 2 N–H and O–H groups in total. The standard InChI is InChI=1S/C13H16FNO/c14-11-5-3-4-10(8-11)13(16)9-15-12-6-1-2-7-12/h1-5,8,12-13,15-16H,6-7,9H2. The van der Waals surface area contributed by atoms with Gasteiger partial charge in [-0.2, -0.15) is 0 Å². The van der Waals surface area contributed by atoms with E-state index in [1.54, 1.807) is 12.1 Å². The number of aliphatic hydroxyl groups excluding tert-OH is 1. The zero-order chi connectivity index (χ0) is 11.4. The molecule has 1 aliphatic rings. The summed E-state index contributed by atoms with van der Waals surface area (Å²) in [7, 11) is 0. The summed E-state index contributed by atoms with van der Waals surface area (Å²) in [5.41, 5.74) is 0.624. The van der Waals surface area contributed by atoms with Crippen LogP contribution >= 0.6 is 0 Å². The Balaban J connectivity index is 1.85. The van der Waals surface area contributed by atoms with E-state index in [1.165, 1.54) is 12.1 Å². The number of halogens is 1. The van der Waals surface area contributed by atoms with Gasteiger partial charge in [0.15, 0.2) is 0 Å². The van der Waals surface area contributed by atoms with Crippen molar-refractivity contribution in [2.24, 2.45) is 0 Å². The van der Waals surface area contributed by atoms with Crippen LogP contribution in [0.4, 0.5) is 4.39 Å². The van der Waals surface area contributed by atoms with Gasteiger partial charge in [0, 0.05) is 12.6 Å². The van der Waals surface area contributed by atoms with Gasteiger partial charge in [-0.05, 0) is 30.5 Å². The second-order valence-electron chi connectivity index (χ2n) is 4.12. The number of hydrogen-bond acceptors (Lipinski definition) is 2. The van der Waals surface area contributed by atoms with Gasteiger partial charge in [-0.1, -0.05) is 24.3 Å². The summed E-state index contributed by atoms with van der Waals surface area (Å²) in [4.78, 5) is 0. The van der Waals surface area contributed by atoms with Gasteiger partial charge in [-0.25, -0.2) is 4.39 Å². The van der Waals surface area contributed by atoms with Gasteiger partial charge < -0.3 is 10.4 Å². The molecule has 3 heteroatoms. The number of nitrogens with one attached hydrogen (secondary N) is 1.